The van der Waals surface area contributed by atoms with Gasteiger partial charge in [0, 0.05) is 19.1 Å². The summed E-state index contributed by atoms with van der Waals surface area (Å²) < 4.78 is 18.7. The Morgan fingerprint density at radius 2 is 2.05 bits per heavy atom. The number of ether oxygens (including phenoxy) is 1. The maximum atomic E-state index is 13.0. The van der Waals surface area contributed by atoms with Gasteiger partial charge in [0.05, 0.1) is 19.3 Å². The van der Waals surface area contributed by atoms with Gasteiger partial charge < -0.3 is 10.1 Å². The van der Waals surface area contributed by atoms with Gasteiger partial charge in [0.1, 0.15) is 5.82 Å². The second-order valence-electron chi connectivity index (χ2n) is 6.25. The number of morpholine rings is 1. The zero-order chi connectivity index (χ0) is 16.1. The molecule has 2 rings (SSSR count). The molecule has 1 fully saturated rings. The number of rotatable bonds is 5. The van der Waals surface area contributed by atoms with Crippen molar-refractivity contribution in [3.05, 3.63) is 35.6 Å². The largest absolute Gasteiger partial charge is 0.371 e. The van der Waals surface area contributed by atoms with Gasteiger partial charge in [-0.1, -0.05) is 26.0 Å². The van der Waals surface area contributed by atoms with Gasteiger partial charge in [-0.15, -0.1) is 0 Å². The number of carbonyl (C=O) groups is 1. The Balaban J connectivity index is 1.88. The number of benzene rings is 1. The third kappa shape index (κ3) is 4.78. The van der Waals surface area contributed by atoms with Crippen molar-refractivity contribution in [2.45, 2.75) is 32.9 Å². The van der Waals surface area contributed by atoms with E-state index in [1.807, 2.05) is 6.92 Å². The highest BCUT2D eigenvalue weighted by Crippen LogP contribution is 2.22. The van der Waals surface area contributed by atoms with Gasteiger partial charge in [-0.3, -0.25) is 9.69 Å². The Bertz CT molecular complexity index is 490. The number of carbonyl (C=O) groups excluding carboxylic acids is 1. The highest BCUT2D eigenvalue weighted by molar-refractivity contribution is 5.78. The van der Waals surface area contributed by atoms with E-state index in [1.165, 1.54) is 12.1 Å². The van der Waals surface area contributed by atoms with E-state index in [0.29, 0.717) is 25.6 Å². The van der Waals surface area contributed by atoms with Gasteiger partial charge in [0.15, 0.2) is 0 Å². The number of nitrogens with one attached hydrogen (secondary N) is 1. The first-order valence-electron chi connectivity index (χ1n) is 7.84. The van der Waals surface area contributed by atoms with Gasteiger partial charge >= 0.3 is 0 Å². The van der Waals surface area contributed by atoms with E-state index in [1.54, 1.807) is 12.1 Å². The summed E-state index contributed by atoms with van der Waals surface area (Å²) in [5, 5.41) is 3.02. The minimum absolute atomic E-state index is 0.0426. The lowest BCUT2D eigenvalue weighted by molar-refractivity contribution is -0.125. The highest BCUT2D eigenvalue weighted by atomic mass is 19.1. The lowest BCUT2D eigenvalue weighted by Crippen LogP contribution is -2.46. The summed E-state index contributed by atoms with van der Waals surface area (Å²) in [5.41, 5.74) is 0.946. The summed E-state index contributed by atoms with van der Waals surface area (Å²) in [5.74, 6) is 0.208. The van der Waals surface area contributed by atoms with Crippen LogP contribution in [-0.4, -0.2) is 43.1 Å². The molecule has 1 aliphatic rings. The lowest BCUT2D eigenvalue weighted by Gasteiger charge is -2.33. The fourth-order valence-electron chi connectivity index (χ4n) is 2.39. The molecule has 2 atom stereocenters. The second kappa shape index (κ2) is 7.70. The van der Waals surface area contributed by atoms with Gasteiger partial charge in [-0.25, -0.2) is 4.39 Å². The fourth-order valence-corrected chi connectivity index (χ4v) is 2.39. The van der Waals surface area contributed by atoms with Gasteiger partial charge in [0.25, 0.3) is 0 Å². The molecule has 5 heteroatoms. The number of amides is 1. The van der Waals surface area contributed by atoms with Crippen LogP contribution in [0.15, 0.2) is 24.3 Å². The molecule has 1 N–H and O–H groups in total. The van der Waals surface area contributed by atoms with Crippen molar-refractivity contribution in [3.8, 4) is 0 Å². The van der Waals surface area contributed by atoms with Crippen LogP contribution in [0.1, 0.15) is 32.4 Å². The zero-order valence-corrected chi connectivity index (χ0v) is 13.5. The van der Waals surface area contributed by atoms with E-state index in [2.05, 4.69) is 24.1 Å². The molecule has 0 radical (unpaired) electrons. The summed E-state index contributed by atoms with van der Waals surface area (Å²) in [4.78, 5) is 14.2. The fraction of sp³-hybridized carbons (Fsp3) is 0.588. The molecule has 4 nitrogen and oxygen atoms in total. The van der Waals surface area contributed by atoms with Crippen molar-refractivity contribution in [2.24, 2.45) is 5.92 Å². The maximum Gasteiger partial charge on any atom is 0.234 e. The van der Waals surface area contributed by atoms with Crippen LogP contribution in [0.3, 0.4) is 0 Å². The Labute approximate surface area is 131 Å². The zero-order valence-electron chi connectivity index (χ0n) is 13.5. The summed E-state index contributed by atoms with van der Waals surface area (Å²) in [6, 6.07) is 6.53. The topological polar surface area (TPSA) is 41.6 Å². The third-order valence-electron chi connectivity index (χ3n) is 4.15. The van der Waals surface area contributed by atoms with Crippen molar-refractivity contribution in [2.75, 3.05) is 26.2 Å². The molecule has 0 bridgehead atoms. The molecule has 0 saturated carbocycles. The van der Waals surface area contributed by atoms with Crippen LogP contribution in [0.25, 0.3) is 0 Å². The molecular weight excluding hydrogens is 283 g/mol. The number of halogens is 1. The normalized spacial score (nSPS) is 20.9. The van der Waals surface area contributed by atoms with E-state index in [-0.39, 0.29) is 23.9 Å². The number of hydrogen-bond donors (Lipinski definition) is 1. The smallest absolute Gasteiger partial charge is 0.234 e. The molecule has 1 aromatic rings. The predicted molar refractivity (Wildman–Crippen MR) is 84.0 cm³/mol. The minimum atomic E-state index is -0.251. The van der Waals surface area contributed by atoms with Crippen molar-refractivity contribution in [3.63, 3.8) is 0 Å². The first-order chi connectivity index (χ1) is 10.5. The van der Waals surface area contributed by atoms with Crippen LogP contribution in [0, 0.1) is 11.7 Å². The Kier molecular flexibility index (Phi) is 5.91. The average molecular weight is 308 g/mol. The van der Waals surface area contributed by atoms with E-state index in [0.717, 1.165) is 12.1 Å². The van der Waals surface area contributed by atoms with Crippen molar-refractivity contribution < 1.29 is 13.9 Å². The lowest BCUT2D eigenvalue weighted by atomic mass is 10.1. The molecule has 0 aromatic heterocycles. The van der Waals surface area contributed by atoms with Crippen LogP contribution in [0.4, 0.5) is 4.39 Å². The van der Waals surface area contributed by atoms with E-state index >= 15 is 0 Å². The minimum Gasteiger partial charge on any atom is -0.371 e. The maximum absolute atomic E-state index is 13.0. The van der Waals surface area contributed by atoms with Crippen molar-refractivity contribution >= 4 is 5.91 Å². The molecule has 1 saturated heterocycles. The molecule has 1 aliphatic heterocycles. The Morgan fingerprint density at radius 1 is 1.36 bits per heavy atom. The molecule has 2 unspecified atom stereocenters. The van der Waals surface area contributed by atoms with E-state index in [4.69, 9.17) is 4.74 Å². The van der Waals surface area contributed by atoms with Crippen molar-refractivity contribution in [1.82, 2.24) is 10.2 Å². The summed E-state index contributed by atoms with van der Waals surface area (Å²) in [6.45, 7) is 8.53. The second-order valence-corrected chi connectivity index (χ2v) is 6.25. The predicted octanol–water partition coefficient (Wildman–Crippen LogP) is 2.36. The summed E-state index contributed by atoms with van der Waals surface area (Å²) >= 11 is 0. The van der Waals surface area contributed by atoms with Crippen LogP contribution in [0.5, 0.6) is 0 Å². The SMILES string of the molecule is CC(C)C(C)NC(=O)CN1CCOC(c2ccc(F)cc2)C1. The summed E-state index contributed by atoms with van der Waals surface area (Å²) in [6.07, 6.45) is -0.107. The van der Waals surface area contributed by atoms with Crippen LogP contribution >= 0.6 is 0 Å². The molecule has 1 heterocycles. The molecular formula is C17H25FN2O2. The van der Waals surface area contributed by atoms with Crippen molar-refractivity contribution in [1.29, 1.82) is 0 Å². The molecule has 1 aromatic carbocycles. The Morgan fingerprint density at radius 3 is 2.68 bits per heavy atom. The standard InChI is InChI=1S/C17H25FN2O2/c1-12(2)13(3)19-17(21)11-20-8-9-22-16(10-20)14-4-6-15(18)7-5-14/h4-7,12-13,16H,8-11H2,1-3H3,(H,19,21). The highest BCUT2D eigenvalue weighted by Gasteiger charge is 2.24. The van der Waals surface area contributed by atoms with Gasteiger partial charge in [-0.05, 0) is 30.5 Å². The van der Waals surface area contributed by atoms with Crippen LogP contribution < -0.4 is 5.32 Å². The summed E-state index contributed by atoms with van der Waals surface area (Å²) in [7, 11) is 0. The third-order valence-corrected chi connectivity index (χ3v) is 4.15. The Hall–Kier alpha value is -1.46. The van der Waals surface area contributed by atoms with E-state index in [9.17, 15) is 9.18 Å². The number of nitrogens with zero attached hydrogens (tertiary/aromatic N) is 1. The molecule has 22 heavy (non-hydrogen) atoms. The van der Waals surface area contributed by atoms with Gasteiger partial charge in [0.2, 0.25) is 5.91 Å². The number of hydrogen-bond acceptors (Lipinski definition) is 3. The van der Waals surface area contributed by atoms with Crippen LogP contribution in [0.2, 0.25) is 0 Å². The van der Waals surface area contributed by atoms with Gasteiger partial charge in [-0.2, -0.15) is 0 Å². The van der Waals surface area contributed by atoms with Crippen LogP contribution in [-0.2, 0) is 9.53 Å². The average Bonchev–Trinajstić information content (AvgIpc) is 2.48. The molecule has 0 spiro atoms. The molecule has 122 valence electrons. The first kappa shape index (κ1) is 16.9. The monoisotopic (exact) mass is 308 g/mol. The molecule has 0 aliphatic carbocycles. The van der Waals surface area contributed by atoms with E-state index < -0.39 is 0 Å². The molecule has 1 amide bonds. The first-order valence-corrected chi connectivity index (χ1v) is 7.84. The quantitative estimate of drug-likeness (QED) is 0.908.